The van der Waals surface area contributed by atoms with Crippen molar-refractivity contribution in [2.75, 3.05) is 0 Å². The van der Waals surface area contributed by atoms with Crippen LogP contribution in [0.4, 0.5) is 22.0 Å². The number of carbonyl (C=O) groups is 1. The van der Waals surface area contributed by atoms with Gasteiger partial charge in [-0.3, -0.25) is 4.79 Å². The summed E-state index contributed by atoms with van der Waals surface area (Å²) < 4.78 is 65.5. The monoisotopic (exact) mass is 288 g/mol. The molecule has 0 saturated heterocycles. The van der Waals surface area contributed by atoms with Crippen molar-refractivity contribution >= 4 is 17.4 Å². The minimum atomic E-state index is -4.87. The number of benzene rings is 1. The predicted molar refractivity (Wildman–Crippen MR) is 53.1 cm³/mol. The third kappa shape index (κ3) is 3.32. The predicted octanol–water partition coefficient (Wildman–Crippen LogP) is 4.16. The van der Waals surface area contributed by atoms with Crippen molar-refractivity contribution in [3.05, 3.63) is 28.3 Å². The quantitative estimate of drug-likeness (QED) is 0.616. The summed E-state index contributed by atoms with van der Waals surface area (Å²) in [6, 6.07) is 1.06. The van der Waals surface area contributed by atoms with Gasteiger partial charge in [-0.1, -0.05) is 11.6 Å². The molecule has 0 aliphatic rings. The first-order valence-corrected chi connectivity index (χ1v) is 4.87. The Morgan fingerprint density at radius 1 is 1.33 bits per heavy atom. The molecule has 0 radical (unpaired) electrons. The van der Waals surface area contributed by atoms with Crippen LogP contribution in [0.2, 0.25) is 5.02 Å². The fraction of sp³-hybridized carbons (Fsp3) is 0.300. The molecule has 1 aromatic carbocycles. The molecular formula is C10H6ClF5O2. The number of alkyl halides is 5. The summed E-state index contributed by atoms with van der Waals surface area (Å²) in [7, 11) is 0. The Labute approximate surface area is 103 Å². The Hall–Kier alpha value is -1.37. The molecule has 0 heterocycles. The molecular weight excluding hydrogens is 283 g/mol. The van der Waals surface area contributed by atoms with Crippen LogP contribution in [0.1, 0.15) is 22.8 Å². The molecule has 0 aliphatic carbocycles. The lowest BCUT2D eigenvalue weighted by molar-refractivity contribution is -0.137. The number of rotatable bonds is 3. The molecule has 1 aromatic rings. The molecule has 0 amide bonds. The van der Waals surface area contributed by atoms with E-state index >= 15 is 0 Å². The Bertz CT molecular complexity index is 470. The van der Waals surface area contributed by atoms with Crippen LogP contribution in [-0.4, -0.2) is 12.4 Å². The van der Waals surface area contributed by atoms with Crippen molar-refractivity contribution in [1.29, 1.82) is 0 Å². The van der Waals surface area contributed by atoms with Gasteiger partial charge in [0, 0.05) is 5.56 Å². The van der Waals surface area contributed by atoms with Crippen LogP contribution in [0, 0.1) is 0 Å². The Balaban J connectivity index is 3.42. The van der Waals surface area contributed by atoms with Crippen LogP contribution in [0.25, 0.3) is 0 Å². The van der Waals surface area contributed by atoms with Crippen molar-refractivity contribution in [3.63, 3.8) is 0 Å². The van der Waals surface area contributed by atoms with Crippen molar-refractivity contribution < 1.29 is 31.5 Å². The molecule has 0 saturated carbocycles. The second-order valence-electron chi connectivity index (χ2n) is 3.26. The van der Waals surface area contributed by atoms with Crippen LogP contribution in [-0.2, 0) is 6.18 Å². The highest BCUT2D eigenvalue weighted by molar-refractivity contribution is 6.34. The maximum Gasteiger partial charge on any atom is 0.418 e. The van der Waals surface area contributed by atoms with E-state index in [-0.39, 0.29) is 0 Å². The number of hydrogen-bond acceptors (Lipinski definition) is 2. The van der Waals surface area contributed by atoms with Gasteiger partial charge in [0.15, 0.2) is 5.78 Å². The smallest absolute Gasteiger partial charge is 0.418 e. The third-order valence-corrected chi connectivity index (χ3v) is 2.36. The van der Waals surface area contributed by atoms with Gasteiger partial charge >= 0.3 is 12.8 Å². The second-order valence-corrected chi connectivity index (χ2v) is 3.64. The first-order chi connectivity index (χ1) is 8.12. The Morgan fingerprint density at radius 3 is 2.28 bits per heavy atom. The highest BCUT2D eigenvalue weighted by Crippen LogP contribution is 2.39. The number of hydrogen-bond donors (Lipinski definition) is 0. The molecule has 0 aromatic heterocycles. The Kier molecular flexibility index (Phi) is 4.16. The van der Waals surface area contributed by atoms with Gasteiger partial charge in [-0.25, -0.2) is 0 Å². The van der Waals surface area contributed by atoms with Crippen molar-refractivity contribution in [1.82, 2.24) is 0 Å². The van der Waals surface area contributed by atoms with E-state index in [2.05, 4.69) is 4.74 Å². The summed E-state index contributed by atoms with van der Waals surface area (Å²) in [6.45, 7) is -2.33. The van der Waals surface area contributed by atoms with Gasteiger partial charge < -0.3 is 4.74 Å². The summed E-state index contributed by atoms with van der Waals surface area (Å²) >= 11 is 5.41. The number of halogens is 6. The van der Waals surface area contributed by atoms with E-state index in [0.29, 0.717) is 6.07 Å². The maximum atomic E-state index is 12.6. The summed E-state index contributed by atoms with van der Waals surface area (Å²) in [6.07, 6.45) is -4.87. The molecule has 2 nitrogen and oxygen atoms in total. The fourth-order valence-corrected chi connectivity index (χ4v) is 1.58. The maximum absolute atomic E-state index is 12.6. The van der Waals surface area contributed by atoms with E-state index in [9.17, 15) is 26.7 Å². The average Bonchev–Trinajstić information content (AvgIpc) is 2.17. The van der Waals surface area contributed by atoms with Crippen LogP contribution in [0.5, 0.6) is 5.75 Å². The second kappa shape index (κ2) is 5.09. The van der Waals surface area contributed by atoms with Gasteiger partial charge in [0.2, 0.25) is 0 Å². The molecule has 0 atom stereocenters. The van der Waals surface area contributed by atoms with Gasteiger partial charge in [-0.05, 0) is 19.1 Å². The van der Waals surface area contributed by atoms with E-state index in [0.717, 1.165) is 13.0 Å². The van der Waals surface area contributed by atoms with Crippen molar-refractivity contribution in [3.8, 4) is 5.75 Å². The third-order valence-electron chi connectivity index (χ3n) is 1.96. The lowest BCUT2D eigenvalue weighted by Crippen LogP contribution is -2.11. The summed E-state index contributed by atoms with van der Waals surface area (Å²) in [5, 5.41) is -0.836. The van der Waals surface area contributed by atoms with Gasteiger partial charge in [-0.2, -0.15) is 22.0 Å². The topological polar surface area (TPSA) is 26.3 Å². The fourth-order valence-electron chi connectivity index (χ4n) is 1.23. The molecule has 0 spiro atoms. The molecule has 8 heteroatoms. The lowest BCUT2D eigenvalue weighted by atomic mass is 10.1. The van der Waals surface area contributed by atoms with Gasteiger partial charge in [-0.15, -0.1) is 0 Å². The van der Waals surface area contributed by atoms with Gasteiger partial charge in [0.05, 0.1) is 10.6 Å². The van der Waals surface area contributed by atoms with Gasteiger partial charge in [0.1, 0.15) is 5.75 Å². The first kappa shape index (κ1) is 14.7. The average molecular weight is 289 g/mol. The zero-order chi connectivity index (χ0) is 14.1. The van der Waals surface area contributed by atoms with Crippen LogP contribution >= 0.6 is 11.6 Å². The Morgan fingerprint density at radius 2 is 1.89 bits per heavy atom. The van der Waals surface area contributed by atoms with E-state index in [1.54, 1.807) is 0 Å². The molecule has 100 valence electrons. The zero-order valence-electron chi connectivity index (χ0n) is 8.82. The number of ether oxygens (including phenoxy) is 1. The SMILES string of the molecule is CC(=O)c1cc(OC(F)F)cc(C(F)(F)F)c1Cl. The molecule has 18 heavy (non-hydrogen) atoms. The van der Waals surface area contributed by atoms with Crippen LogP contribution in [0.3, 0.4) is 0 Å². The standard InChI is InChI=1S/C10H6ClF5O2/c1-4(17)6-2-5(18-9(12)13)3-7(8(6)11)10(14,15)16/h2-3,9H,1H3. The number of ketones is 1. The molecule has 1 rings (SSSR count). The minimum absolute atomic E-state index is 0.320. The molecule has 0 aliphatic heterocycles. The van der Waals surface area contributed by atoms with Crippen LogP contribution < -0.4 is 4.74 Å². The van der Waals surface area contributed by atoms with Gasteiger partial charge in [0.25, 0.3) is 0 Å². The van der Waals surface area contributed by atoms with Crippen molar-refractivity contribution in [2.45, 2.75) is 19.7 Å². The van der Waals surface area contributed by atoms with E-state index in [4.69, 9.17) is 11.6 Å². The molecule has 0 bridgehead atoms. The molecule has 0 fully saturated rings. The first-order valence-electron chi connectivity index (χ1n) is 4.49. The largest absolute Gasteiger partial charge is 0.435 e. The highest BCUT2D eigenvalue weighted by Gasteiger charge is 2.35. The summed E-state index contributed by atoms with van der Waals surface area (Å²) in [5.74, 6) is -1.56. The molecule has 0 unspecified atom stereocenters. The normalized spacial score (nSPS) is 11.8. The van der Waals surface area contributed by atoms with Crippen LogP contribution in [0.15, 0.2) is 12.1 Å². The zero-order valence-corrected chi connectivity index (χ0v) is 9.57. The minimum Gasteiger partial charge on any atom is -0.435 e. The van der Waals surface area contributed by atoms with Crippen molar-refractivity contribution in [2.24, 2.45) is 0 Å². The number of carbonyl (C=O) groups excluding carboxylic acids is 1. The van der Waals surface area contributed by atoms with E-state index < -0.39 is 40.5 Å². The lowest BCUT2D eigenvalue weighted by Gasteiger charge is -2.14. The summed E-state index contributed by atoms with van der Waals surface area (Å²) in [5.41, 5.74) is -1.92. The van der Waals surface area contributed by atoms with E-state index in [1.165, 1.54) is 0 Å². The number of Topliss-reactive ketones (excluding diaryl/α,β-unsaturated/α-hetero) is 1. The highest BCUT2D eigenvalue weighted by atomic mass is 35.5. The molecule has 0 N–H and O–H groups in total. The van der Waals surface area contributed by atoms with E-state index in [1.807, 2.05) is 0 Å². The summed E-state index contributed by atoms with van der Waals surface area (Å²) in [4.78, 5) is 11.1.